The Labute approximate surface area is 149 Å². The first-order valence-electron chi connectivity index (χ1n) is 8.76. The summed E-state index contributed by atoms with van der Waals surface area (Å²) in [6.07, 6.45) is 2.17. The third-order valence-electron chi connectivity index (χ3n) is 3.60. The van der Waals surface area contributed by atoms with Gasteiger partial charge >= 0.3 is 7.60 Å². The number of benzene rings is 1. The summed E-state index contributed by atoms with van der Waals surface area (Å²) in [6, 6.07) is 8.95. The maximum absolute atomic E-state index is 14.6. The summed E-state index contributed by atoms with van der Waals surface area (Å²) in [7, 11) is -4.03. The zero-order chi connectivity index (χ0) is 18.7. The van der Waals surface area contributed by atoms with Crippen molar-refractivity contribution in [2.24, 2.45) is 0 Å². The number of halogens is 1. The van der Waals surface area contributed by atoms with Gasteiger partial charge in [-0.1, -0.05) is 55.8 Å². The number of hydrogen-bond acceptors (Lipinski definition) is 4. The molecule has 0 amide bonds. The normalized spacial score (nSPS) is 12.5. The first kappa shape index (κ1) is 21.8. The fourth-order valence-corrected chi connectivity index (χ4v) is 3.62. The maximum atomic E-state index is 14.6. The second-order valence-electron chi connectivity index (χ2n) is 5.54. The minimum atomic E-state index is -4.03. The van der Waals surface area contributed by atoms with Gasteiger partial charge in [0.05, 0.1) is 13.2 Å². The van der Waals surface area contributed by atoms with Crippen molar-refractivity contribution in [3.05, 3.63) is 52.8 Å². The van der Waals surface area contributed by atoms with Gasteiger partial charge in [0, 0.05) is 5.57 Å². The highest BCUT2D eigenvalue weighted by atomic mass is 31.2. The minimum absolute atomic E-state index is 0.0543. The van der Waals surface area contributed by atoms with E-state index in [1.54, 1.807) is 38.1 Å². The molecule has 1 rings (SSSR count). The van der Waals surface area contributed by atoms with E-state index in [4.69, 9.17) is 9.05 Å². The molecule has 0 heterocycles. The largest absolute Gasteiger partial charge is 0.397 e. The maximum Gasteiger partial charge on any atom is 0.397 e. The Morgan fingerprint density at radius 3 is 2.28 bits per heavy atom. The number of unbranched alkanes of at least 4 members (excludes halogenated alkanes) is 2. The molecule has 0 aliphatic rings. The molecule has 0 saturated heterocycles. The summed E-state index contributed by atoms with van der Waals surface area (Å²) in [4.78, 5) is 0. The van der Waals surface area contributed by atoms with Gasteiger partial charge in [0.25, 0.3) is 5.57 Å². The van der Waals surface area contributed by atoms with Crippen LogP contribution in [0.25, 0.3) is 0 Å². The SMILES string of the molecule is CCCCCC(=C=C(F)P(=O)(OCC)OCC)C(O)c1ccccc1. The highest BCUT2D eigenvalue weighted by Gasteiger charge is 2.31. The molecule has 1 N–H and O–H groups in total. The van der Waals surface area contributed by atoms with Crippen molar-refractivity contribution in [1.29, 1.82) is 0 Å². The number of aliphatic hydroxyl groups excluding tert-OH is 1. The van der Waals surface area contributed by atoms with E-state index >= 15 is 0 Å². The number of aliphatic hydroxyl groups is 1. The summed E-state index contributed by atoms with van der Waals surface area (Å²) in [5.74, 6) is 0. The zero-order valence-corrected chi connectivity index (χ0v) is 16.1. The highest BCUT2D eigenvalue weighted by molar-refractivity contribution is 7.58. The molecule has 0 saturated carbocycles. The fourth-order valence-electron chi connectivity index (χ4n) is 2.36. The second kappa shape index (κ2) is 11.4. The molecular weight excluding hydrogens is 342 g/mol. The number of hydrogen-bond donors (Lipinski definition) is 1. The molecule has 1 aromatic carbocycles. The molecule has 1 aromatic rings. The van der Waals surface area contributed by atoms with Crippen molar-refractivity contribution in [3.63, 3.8) is 0 Å². The van der Waals surface area contributed by atoms with Crippen molar-refractivity contribution in [3.8, 4) is 0 Å². The zero-order valence-electron chi connectivity index (χ0n) is 15.2. The van der Waals surface area contributed by atoms with Crippen LogP contribution in [0.1, 0.15) is 58.1 Å². The average Bonchev–Trinajstić information content (AvgIpc) is 2.61. The molecule has 140 valence electrons. The van der Waals surface area contributed by atoms with E-state index in [-0.39, 0.29) is 13.2 Å². The third kappa shape index (κ3) is 6.89. The van der Waals surface area contributed by atoms with E-state index in [0.29, 0.717) is 17.6 Å². The van der Waals surface area contributed by atoms with Gasteiger partial charge in [-0.05, 0) is 32.3 Å². The molecular formula is C19H28FO4P. The first-order chi connectivity index (χ1) is 12.0. The van der Waals surface area contributed by atoms with Crippen molar-refractivity contribution in [2.45, 2.75) is 52.6 Å². The van der Waals surface area contributed by atoms with Crippen molar-refractivity contribution >= 4 is 7.60 Å². The molecule has 4 nitrogen and oxygen atoms in total. The predicted octanol–water partition coefficient (Wildman–Crippen LogP) is 5.90. The Kier molecular flexibility index (Phi) is 9.96. The fraction of sp³-hybridized carbons (Fsp3) is 0.526. The standard InChI is InChI=1S/C19H28FO4P/c1-4-7-9-14-17(19(21)16-12-10-8-11-13-16)15-18(20)25(22,23-5-2)24-6-3/h8,10-13,19,21H,4-7,9,14H2,1-3H3. The van der Waals surface area contributed by atoms with Crippen LogP contribution in [-0.2, 0) is 13.6 Å². The van der Waals surface area contributed by atoms with E-state index in [2.05, 4.69) is 12.7 Å². The summed E-state index contributed by atoms with van der Waals surface area (Å²) in [5, 5.41) is 10.6. The smallest absolute Gasteiger partial charge is 0.383 e. The van der Waals surface area contributed by atoms with Gasteiger partial charge in [0.1, 0.15) is 6.10 Å². The van der Waals surface area contributed by atoms with Crippen molar-refractivity contribution < 1.29 is 23.1 Å². The highest BCUT2D eigenvalue weighted by Crippen LogP contribution is 2.56. The van der Waals surface area contributed by atoms with Gasteiger partial charge in [-0.3, -0.25) is 4.57 Å². The summed E-state index contributed by atoms with van der Waals surface area (Å²) in [6.45, 7) is 5.40. The predicted molar refractivity (Wildman–Crippen MR) is 98.0 cm³/mol. The molecule has 0 spiro atoms. The lowest BCUT2D eigenvalue weighted by molar-refractivity contribution is 0.210. The molecule has 0 aliphatic heterocycles. The van der Waals surface area contributed by atoms with Crippen LogP contribution >= 0.6 is 7.60 Å². The van der Waals surface area contributed by atoms with E-state index in [9.17, 15) is 14.1 Å². The Morgan fingerprint density at radius 1 is 1.16 bits per heavy atom. The first-order valence-corrected chi connectivity index (χ1v) is 10.3. The van der Waals surface area contributed by atoms with Gasteiger partial charge in [-0.15, -0.1) is 0 Å². The molecule has 1 unspecified atom stereocenters. The second-order valence-corrected chi connectivity index (χ2v) is 7.45. The minimum Gasteiger partial charge on any atom is -0.383 e. The van der Waals surface area contributed by atoms with Crippen molar-refractivity contribution in [2.75, 3.05) is 13.2 Å². The van der Waals surface area contributed by atoms with E-state index in [0.717, 1.165) is 19.3 Å². The van der Waals surface area contributed by atoms with Crippen LogP contribution in [0.3, 0.4) is 0 Å². The molecule has 0 aliphatic carbocycles. The van der Waals surface area contributed by atoms with Gasteiger partial charge in [0.2, 0.25) is 0 Å². The average molecular weight is 370 g/mol. The molecule has 0 radical (unpaired) electrons. The van der Waals surface area contributed by atoms with Gasteiger partial charge in [-0.25, -0.2) is 0 Å². The molecule has 0 bridgehead atoms. The Morgan fingerprint density at radius 2 is 1.76 bits per heavy atom. The van der Waals surface area contributed by atoms with Crippen LogP contribution in [-0.4, -0.2) is 18.3 Å². The lowest BCUT2D eigenvalue weighted by atomic mass is 9.97. The quantitative estimate of drug-likeness (QED) is 0.299. The lowest BCUT2D eigenvalue weighted by Gasteiger charge is -2.16. The van der Waals surface area contributed by atoms with Crippen LogP contribution in [0.15, 0.2) is 47.2 Å². The molecule has 1 atom stereocenters. The summed E-state index contributed by atoms with van der Waals surface area (Å²) in [5.41, 5.74) is 2.38. The van der Waals surface area contributed by atoms with Gasteiger partial charge in [0.15, 0.2) is 0 Å². The Hall–Kier alpha value is -1.22. The summed E-state index contributed by atoms with van der Waals surface area (Å²) < 4.78 is 37.2. The molecule has 0 fully saturated rings. The Bertz CT molecular complexity index is 614. The number of rotatable bonds is 11. The Balaban J connectivity index is 3.27. The monoisotopic (exact) mass is 370 g/mol. The third-order valence-corrected chi connectivity index (χ3v) is 5.39. The molecule has 25 heavy (non-hydrogen) atoms. The van der Waals surface area contributed by atoms with E-state index < -0.39 is 19.3 Å². The van der Waals surface area contributed by atoms with Crippen molar-refractivity contribution in [1.82, 2.24) is 0 Å². The lowest BCUT2D eigenvalue weighted by Crippen LogP contribution is -2.02. The van der Waals surface area contributed by atoms with E-state index in [1.807, 2.05) is 6.07 Å². The van der Waals surface area contributed by atoms with Gasteiger partial charge < -0.3 is 14.2 Å². The summed E-state index contributed by atoms with van der Waals surface area (Å²) >= 11 is 0. The van der Waals surface area contributed by atoms with Gasteiger partial charge in [-0.2, -0.15) is 4.39 Å². The van der Waals surface area contributed by atoms with Crippen LogP contribution < -0.4 is 0 Å². The van der Waals surface area contributed by atoms with E-state index in [1.165, 1.54) is 0 Å². The topological polar surface area (TPSA) is 55.8 Å². The van der Waals surface area contributed by atoms with Crippen LogP contribution in [0.2, 0.25) is 0 Å². The van der Waals surface area contributed by atoms with Crippen LogP contribution in [0, 0.1) is 0 Å². The van der Waals surface area contributed by atoms with Crippen LogP contribution in [0.5, 0.6) is 0 Å². The van der Waals surface area contributed by atoms with Crippen LogP contribution in [0.4, 0.5) is 4.39 Å². The molecule has 6 heteroatoms. The molecule has 0 aromatic heterocycles.